The highest BCUT2D eigenvalue weighted by atomic mass is 35.5. The predicted molar refractivity (Wildman–Crippen MR) is 79.6 cm³/mol. The molecule has 0 amide bonds. The number of rotatable bonds is 4. The third-order valence-electron chi connectivity index (χ3n) is 2.96. The van der Waals surface area contributed by atoms with Crippen LogP contribution in [-0.4, -0.2) is 6.04 Å². The Morgan fingerprint density at radius 1 is 1.00 bits per heavy atom. The molecule has 0 aromatic heterocycles. The van der Waals surface area contributed by atoms with Crippen molar-refractivity contribution in [2.45, 2.75) is 26.0 Å². The molecule has 0 radical (unpaired) electrons. The molecule has 0 aliphatic heterocycles. The summed E-state index contributed by atoms with van der Waals surface area (Å²) in [5, 5.41) is 0.694. The van der Waals surface area contributed by atoms with E-state index < -0.39 is 0 Å². The quantitative estimate of drug-likeness (QED) is 0.911. The van der Waals surface area contributed by atoms with Crippen molar-refractivity contribution in [3.05, 3.63) is 64.7 Å². The lowest BCUT2D eigenvalue weighted by molar-refractivity contribution is 0.180. The standard InChI is InChI=1S/C16H18ClNO/c1-11-3-5-13(6-4-11)16(12(2)18)19-15-9-7-14(17)8-10-15/h3-10,12,16H,18H2,1-2H3. The first kappa shape index (κ1) is 13.9. The molecule has 2 N–H and O–H groups in total. The zero-order valence-corrected chi connectivity index (χ0v) is 11.9. The van der Waals surface area contributed by atoms with Gasteiger partial charge in [-0.3, -0.25) is 0 Å². The summed E-state index contributed by atoms with van der Waals surface area (Å²) in [6.45, 7) is 4.01. The molecule has 0 aliphatic carbocycles. The minimum atomic E-state index is -0.165. The van der Waals surface area contributed by atoms with Crippen LogP contribution < -0.4 is 10.5 Å². The molecule has 0 saturated carbocycles. The Balaban J connectivity index is 2.21. The average molecular weight is 276 g/mol. The number of ether oxygens (including phenoxy) is 1. The molecule has 0 fully saturated rings. The van der Waals surface area contributed by atoms with Gasteiger partial charge in [-0.1, -0.05) is 41.4 Å². The lowest BCUT2D eigenvalue weighted by atomic mass is 10.0. The lowest BCUT2D eigenvalue weighted by Crippen LogP contribution is -2.29. The number of hydrogen-bond donors (Lipinski definition) is 1. The van der Waals surface area contributed by atoms with Gasteiger partial charge in [-0.05, 0) is 43.7 Å². The zero-order chi connectivity index (χ0) is 13.8. The van der Waals surface area contributed by atoms with Gasteiger partial charge in [0.05, 0.1) is 0 Å². The fourth-order valence-electron chi connectivity index (χ4n) is 1.89. The molecule has 2 aromatic carbocycles. The Kier molecular flexibility index (Phi) is 4.46. The van der Waals surface area contributed by atoms with Crippen molar-refractivity contribution in [3.8, 4) is 5.75 Å². The van der Waals surface area contributed by atoms with Crippen molar-refractivity contribution in [1.82, 2.24) is 0 Å². The van der Waals surface area contributed by atoms with Gasteiger partial charge in [0.1, 0.15) is 11.9 Å². The summed E-state index contributed by atoms with van der Waals surface area (Å²) in [5.41, 5.74) is 8.33. The summed E-state index contributed by atoms with van der Waals surface area (Å²) in [6.07, 6.45) is -0.165. The number of hydrogen-bond acceptors (Lipinski definition) is 2. The Labute approximate surface area is 119 Å². The third kappa shape index (κ3) is 3.72. The molecule has 19 heavy (non-hydrogen) atoms. The van der Waals surface area contributed by atoms with Crippen LogP contribution in [0.3, 0.4) is 0 Å². The van der Waals surface area contributed by atoms with Crippen LogP contribution in [-0.2, 0) is 0 Å². The fraction of sp³-hybridized carbons (Fsp3) is 0.250. The molecule has 2 rings (SSSR count). The van der Waals surface area contributed by atoms with E-state index in [1.54, 1.807) is 0 Å². The molecule has 0 heterocycles. The van der Waals surface area contributed by atoms with Gasteiger partial charge in [0, 0.05) is 11.1 Å². The summed E-state index contributed by atoms with van der Waals surface area (Å²) in [7, 11) is 0. The summed E-state index contributed by atoms with van der Waals surface area (Å²) in [6, 6.07) is 15.5. The molecule has 100 valence electrons. The van der Waals surface area contributed by atoms with E-state index in [-0.39, 0.29) is 12.1 Å². The van der Waals surface area contributed by atoms with E-state index in [0.29, 0.717) is 5.02 Å². The monoisotopic (exact) mass is 275 g/mol. The van der Waals surface area contributed by atoms with Crippen LogP contribution >= 0.6 is 11.6 Å². The zero-order valence-electron chi connectivity index (χ0n) is 11.1. The number of benzene rings is 2. The Morgan fingerprint density at radius 3 is 2.11 bits per heavy atom. The molecule has 2 aromatic rings. The van der Waals surface area contributed by atoms with Crippen LogP contribution in [0.15, 0.2) is 48.5 Å². The number of nitrogens with two attached hydrogens (primary N) is 1. The highest BCUT2D eigenvalue weighted by molar-refractivity contribution is 6.30. The van der Waals surface area contributed by atoms with Gasteiger partial charge in [0.2, 0.25) is 0 Å². The van der Waals surface area contributed by atoms with Gasteiger partial charge in [-0.25, -0.2) is 0 Å². The van der Waals surface area contributed by atoms with E-state index in [1.165, 1.54) is 5.56 Å². The number of halogens is 1. The molecular weight excluding hydrogens is 258 g/mol. The normalized spacial score (nSPS) is 13.9. The third-order valence-corrected chi connectivity index (χ3v) is 3.21. The highest BCUT2D eigenvalue weighted by Gasteiger charge is 2.18. The first-order chi connectivity index (χ1) is 9.06. The lowest BCUT2D eigenvalue weighted by Gasteiger charge is -2.23. The van der Waals surface area contributed by atoms with Crippen molar-refractivity contribution in [3.63, 3.8) is 0 Å². The Morgan fingerprint density at radius 2 is 1.58 bits per heavy atom. The summed E-state index contributed by atoms with van der Waals surface area (Å²) >= 11 is 5.86. The molecule has 3 heteroatoms. The van der Waals surface area contributed by atoms with Crippen molar-refractivity contribution >= 4 is 11.6 Å². The Bertz CT molecular complexity index is 519. The molecule has 2 unspecified atom stereocenters. The SMILES string of the molecule is Cc1ccc(C(Oc2ccc(Cl)cc2)C(C)N)cc1. The van der Waals surface area contributed by atoms with Crippen molar-refractivity contribution in [1.29, 1.82) is 0 Å². The van der Waals surface area contributed by atoms with E-state index in [9.17, 15) is 0 Å². The minimum Gasteiger partial charge on any atom is -0.484 e. The largest absolute Gasteiger partial charge is 0.484 e. The fourth-order valence-corrected chi connectivity index (χ4v) is 2.02. The summed E-state index contributed by atoms with van der Waals surface area (Å²) in [4.78, 5) is 0. The van der Waals surface area contributed by atoms with Gasteiger partial charge >= 0.3 is 0 Å². The second kappa shape index (κ2) is 6.09. The van der Waals surface area contributed by atoms with E-state index >= 15 is 0 Å². The molecule has 0 aliphatic rings. The Hall–Kier alpha value is -1.51. The van der Waals surface area contributed by atoms with Gasteiger partial charge in [0.15, 0.2) is 0 Å². The van der Waals surface area contributed by atoms with E-state index in [4.69, 9.17) is 22.1 Å². The van der Waals surface area contributed by atoms with E-state index in [2.05, 4.69) is 31.2 Å². The molecule has 2 nitrogen and oxygen atoms in total. The first-order valence-corrected chi connectivity index (χ1v) is 6.68. The summed E-state index contributed by atoms with van der Waals surface area (Å²) < 4.78 is 5.97. The van der Waals surface area contributed by atoms with Crippen molar-refractivity contribution in [2.24, 2.45) is 5.73 Å². The molecule has 0 bridgehead atoms. The van der Waals surface area contributed by atoms with Crippen molar-refractivity contribution in [2.75, 3.05) is 0 Å². The maximum Gasteiger partial charge on any atom is 0.138 e. The van der Waals surface area contributed by atoms with Gasteiger partial charge in [-0.2, -0.15) is 0 Å². The topological polar surface area (TPSA) is 35.2 Å². The molecule has 0 saturated heterocycles. The van der Waals surface area contributed by atoms with Crippen LogP contribution in [0.2, 0.25) is 5.02 Å². The maximum absolute atomic E-state index is 6.03. The van der Waals surface area contributed by atoms with Gasteiger partial charge in [0.25, 0.3) is 0 Å². The van der Waals surface area contributed by atoms with Gasteiger partial charge < -0.3 is 10.5 Å². The van der Waals surface area contributed by atoms with Crippen LogP contribution in [0, 0.1) is 6.92 Å². The van der Waals surface area contributed by atoms with Crippen molar-refractivity contribution < 1.29 is 4.74 Å². The van der Waals surface area contributed by atoms with Gasteiger partial charge in [-0.15, -0.1) is 0 Å². The van der Waals surface area contributed by atoms with E-state index in [1.807, 2.05) is 31.2 Å². The molecular formula is C16H18ClNO. The minimum absolute atomic E-state index is 0.0987. The summed E-state index contributed by atoms with van der Waals surface area (Å²) in [5.74, 6) is 0.771. The molecule has 2 atom stereocenters. The highest BCUT2D eigenvalue weighted by Crippen LogP contribution is 2.25. The van der Waals surface area contributed by atoms with Crippen LogP contribution in [0.1, 0.15) is 24.2 Å². The number of aryl methyl sites for hydroxylation is 1. The van der Waals surface area contributed by atoms with Crippen LogP contribution in [0.25, 0.3) is 0 Å². The second-order valence-corrected chi connectivity index (χ2v) is 5.20. The maximum atomic E-state index is 6.03. The smallest absolute Gasteiger partial charge is 0.138 e. The predicted octanol–water partition coefficient (Wildman–Crippen LogP) is 4.12. The van der Waals surface area contributed by atoms with Crippen LogP contribution in [0.4, 0.5) is 0 Å². The first-order valence-electron chi connectivity index (χ1n) is 6.30. The second-order valence-electron chi connectivity index (χ2n) is 4.76. The van der Waals surface area contributed by atoms with E-state index in [0.717, 1.165) is 11.3 Å². The average Bonchev–Trinajstić information content (AvgIpc) is 2.39. The van der Waals surface area contributed by atoms with Crippen LogP contribution in [0.5, 0.6) is 5.75 Å². The molecule has 0 spiro atoms.